The summed E-state index contributed by atoms with van der Waals surface area (Å²) in [7, 11) is 4.75. The van der Waals surface area contributed by atoms with Gasteiger partial charge >= 0.3 is 5.97 Å². The SMILES string of the molecule is COCCN(CCOC)Cc1ccc(N=C(c2ccccc2)c2c(O)[nH]c3cc(C(=O)OC)ccc23)cc1. The topological polar surface area (TPSA) is 96.4 Å². The van der Waals surface area contributed by atoms with E-state index in [0.29, 0.717) is 35.6 Å². The molecular formula is C30H33N3O5. The molecule has 4 aromatic rings. The Morgan fingerprint density at radius 2 is 1.58 bits per heavy atom. The summed E-state index contributed by atoms with van der Waals surface area (Å²) in [6.45, 7) is 3.71. The number of esters is 1. The molecule has 0 spiro atoms. The van der Waals surface area contributed by atoms with E-state index in [-0.39, 0.29) is 5.88 Å². The monoisotopic (exact) mass is 515 g/mol. The maximum atomic E-state index is 12.0. The number of hydrogen-bond donors (Lipinski definition) is 2. The first-order chi connectivity index (χ1) is 18.5. The van der Waals surface area contributed by atoms with Crippen LogP contribution in [0.4, 0.5) is 5.69 Å². The average molecular weight is 516 g/mol. The van der Waals surface area contributed by atoms with Gasteiger partial charge in [0.1, 0.15) is 0 Å². The number of benzene rings is 3. The van der Waals surface area contributed by atoms with Crippen LogP contribution in [0.5, 0.6) is 5.88 Å². The first-order valence-corrected chi connectivity index (χ1v) is 12.4. The van der Waals surface area contributed by atoms with Crippen molar-refractivity contribution in [3.05, 3.63) is 95.1 Å². The molecule has 0 amide bonds. The molecule has 2 N–H and O–H groups in total. The van der Waals surface area contributed by atoms with Crippen LogP contribution in [-0.4, -0.2) is 74.3 Å². The summed E-state index contributed by atoms with van der Waals surface area (Å²) >= 11 is 0. The molecule has 0 bridgehead atoms. The van der Waals surface area contributed by atoms with Crippen molar-refractivity contribution in [3.63, 3.8) is 0 Å². The highest BCUT2D eigenvalue weighted by atomic mass is 16.5. The number of aromatic hydroxyl groups is 1. The highest BCUT2D eigenvalue weighted by molar-refractivity contribution is 6.22. The summed E-state index contributed by atoms with van der Waals surface area (Å²) in [5.74, 6) is -0.462. The van der Waals surface area contributed by atoms with E-state index in [9.17, 15) is 9.90 Å². The number of carbonyl (C=O) groups is 1. The third-order valence-electron chi connectivity index (χ3n) is 6.29. The van der Waals surface area contributed by atoms with Crippen molar-refractivity contribution in [3.8, 4) is 5.88 Å². The van der Waals surface area contributed by atoms with E-state index >= 15 is 0 Å². The number of hydrogen-bond acceptors (Lipinski definition) is 7. The van der Waals surface area contributed by atoms with Crippen LogP contribution in [0.25, 0.3) is 10.9 Å². The number of nitrogens with one attached hydrogen (secondary N) is 1. The first-order valence-electron chi connectivity index (χ1n) is 12.4. The zero-order valence-electron chi connectivity index (χ0n) is 21.9. The smallest absolute Gasteiger partial charge is 0.337 e. The van der Waals surface area contributed by atoms with E-state index in [2.05, 4.69) is 22.0 Å². The van der Waals surface area contributed by atoms with Crippen molar-refractivity contribution in [1.29, 1.82) is 0 Å². The molecule has 0 aliphatic heterocycles. The number of aromatic nitrogens is 1. The van der Waals surface area contributed by atoms with Crippen LogP contribution in [0.15, 0.2) is 77.8 Å². The van der Waals surface area contributed by atoms with E-state index in [4.69, 9.17) is 19.2 Å². The zero-order valence-corrected chi connectivity index (χ0v) is 21.9. The van der Waals surface area contributed by atoms with E-state index in [0.717, 1.165) is 41.8 Å². The molecule has 4 rings (SSSR count). The van der Waals surface area contributed by atoms with Gasteiger partial charge in [-0.3, -0.25) is 4.90 Å². The van der Waals surface area contributed by atoms with Gasteiger partial charge < -0.3 is 24.3 Å². The Hall–Kier alpha value is -3.98. The molecule has 8 heteroatoms. The lowest BCUT2D eigenvalue weighted by Crippen LogP contribution is -2.30. The fourth-order valence-corrected chi connectivity index (χ4v) is 4.30. The largest absolute Gasteiger partial charge is 0.494 e. The number of carbonyl (C=O) groups excluding carboxylic acids is 1. The summed E-state index contributed by atoms with van der Waals surface area (Å²) in [5.41, 5.74) is 4.97. The van der Waals surface area contributed by atoms with Gasteiger partial charge in [0.2, 0.25) is 0 Å². The maximum absolute atomic E-state index is 12.0. The molecule has 0 saturated heterocycles. The lowest BCUT2D eigenvalue weighted by molar-refractivity contribution is 0.0601. The van der Waals surface area contributed by atoms with E-state index in [1.165, 1.54) is 7.11 Å². The zero-order chi connectivity index (χ0) is 26.9. The van der Waals surface area contributed by atoms with Gasteiger partial charge in [0.25, 0.3) is 0 Å². The Kier molecular flexibility index (Phi) is 9.26. The van der Waals surface area contributed by atoms with Gasteiger partial charge in [-0.1, -0.05) is 48.5 Å². The minimum absolute atomic E-state index is 0.0202. The summed E-state index contributed by atoms with van der Waals surface area (Å²) in [4.78, 5) is 22.2. The molecule has 0 saturated carbocycles. The Bertz CT molecular complexity index is 1370. The number of H-pyrrole nitrogens is 1. The summed E-state index contributed by atoms with van der Waals surface area (Å²) in [5, 5.41) is 11.7. The second-order valence-electron chi connectivity index (χ2n) is 8.86. The second kappa shape index (κ2) is 13.0. The van der Waals surface area contributed by atoms with Gasteiger partial charge in [-0.15, -0.1) is 0 Å². The molecule has 1 aromatic heterocycles. The third-order valence-corrected chi connectivity index (χ3v) is 6.29. The number of fused-ring (bicyclic) bond motifs is 1. The Labute approximate surface area is 222 Å². The molecule has 8 nitrogen and oxygen atoms in total. The Morgan fingerprint density at radius 3 is 2.21 bits per heavy atom. The van der Waals surface area contributed by atoms with Crippen LogP contribution in [-0.2, 0) is 20.8 Å². The van der Waals surface area contributed by atoms with Gasteiger partial charge in [-0.05, 0) is 29.8 Å². The average Bonchev–Trinajstić information content (AvgIpc) is 3.28. The molecule has 0 aliphatic carbocycles. The molecular weight excluding hydrogens is 482 g/mol. The van der Waals surface area contributed by atoms with Crippen molar-refractivity contribution in [1.82, 2.24) is 9.88 Å². The lowest BCUT2D eigenvalue weighted by Gasteiger charge is -2.21. The molecule has 1 heterocycles. The highest BCUT2D eigenvalue weighted by Crippen LogP contribution is 2.32. The van der Waals surface area contributed by atoms with Gasteiger partial charge in [0.15, 0.2) is 5.88 Å². The number of nitrogens with zero attached hydrogens (tertiary/aromatic N) is 2. The van der Waals surface area contributed by atoms with E-state index in [1.54, 1.807) is 32.4 Å². The predicted molar refractivity (Wildman–Crippen MR) is 149 cm³/mol. The molecule has 198 valence electrons. The normalized spacial score (nSPS) is 11.8. The Morgan fingerprint density at radius 1 is 0.895 bits per heavy atom. The van der Waals surface area contributed by atoms with Gasteiger partial charge in [-0.25, -0.2) is 9.79 Å². The summed E-state index contributed by atoms with van der Waals surface area (Å²) in [6.07, 6.45) is 0. The third kappa shape index (κ3) is 6.47. The first kappa shape index (κ1) is 27.1. The van der Waals surface area contributed by atoms with Gasteiger partial charge in [0.05, 0.1) is 42.8 Å². The van der Waals surface area contributed by atoms with Crippen molar-refractivity contribution in [2.24, 2.45) is 4.99 Å². The second-order valence-corrected chi connectivity index (χ2v) is 8.86. The van der Waals surface area contributed by atoms with E-state index < -0.39 is 5.97 Å². The van der Waals surface area contributed by atoms with Crippen LogP contribution in [0, 0.1) is 0 Å². The van der Waals surface area contributed by atoms with Crippen LogP contribution >= 0.6 is 0 Å². The van der Waals surface area contributed by atoms with Crippen LogP contribution in [0.1, 0.15) is 27.0 Å². The fraction of sp³-hybridized carbons (Fsp3) is 0.267. The number of ether oxygens (including phenoxy) is 3. The molecule has 0 radical (unpaired) electrons. The van der Waals surface area contributed by atoms with Crippen molar-refractivity contribution in [2.75, 3.05) is 47.6 Å². The van der Waals surface area contributed by atoms with Crippen LogP contribution < -0.4 is 0 Å². The number of methoxy groups -OCH3 is 3. The standard InChI is InChI=1S/C30H33N3O5/c1-36-17-15-33(16-18-37-2)20-21-9-12-24(13-10-21)31-28(22-7-5-4-6-8-22)27-25-14-11-23(30(35)38-3)19-26(25)32-29(27)34/h4-14,19,32,34H,15-18,20H2,1-3H3. The molecule has 0 unspecified atom stereocenters. The number of aromatic amines is 1. The van der Waals surface area contributed by atoms with Crippen molar-refractivity contribution >= 4 is 28.3 Å². The number of rotatable bonds is 12. The highest BCUT2D eigenvalue weighted by Gasteiger charge is 2.20. The maximum Gasteiger partial charge on any atom is 0.337 e. The minimum atomic E-state index is -0.442. The molecule has 0 fully saturated rings. The predicted octanol–water partition coefficient (Wildman–Crippen LogP) is 4.92. The molecule has 38 heavy (non-hydrogen) atoms. The van der Waals surface area contributed by atoms with Crippen LogP contribution in [0.2, 0.25) is 0 Å². The van der Waals surface area contributed by atoms with Crippen molar-refractivity contribution in [2.45, 2.75) is 6.54 Å². The van der Waals surface area contributed by atoms with E-state index in [1.807, 2.05) is 42.5 Å². The lowest BCUT2D eigenvalue weighted by atomic mass is 10.00. The van der Waals surface area contributed by atoms with Gasteiger partial charge in [-0.2, -0.15) is 0 Å². The van der Waals surface area contributed by atoms with Crippen molar-refractivity contribution < 1.29 is 24.1 Å². The van der Waals surface area contributed by atoms with Crippen LogP contribution in [0.3, 0.4) is 0 Å². The molecule has 0 aliphatic rings. The summed E-state index contributed by atoms with van der Waals surface area (Å²) in [6, 6.07) is 22.9. The minimum Gasteiger partial charge on any atom is -0.494 e. The van der Waals surface area contributed by atoms with Gasteiger partial charge in [0, 0.05) is 50.3 Å². The Balaban J connectivity index is 1.69. The molecule has 3 aromatic carbocycles. The molecule has 0 atom stereocenters. The number of aliphatic imine (C=N–C) groups is 1. The quantitative estimate of drug-likeness (QED) is 0.205. The summed E-state index contributed by atoms with van der Waals surface area (Å²) < 4.78 is 15.3. The fourth-order valence-electron chi connectivity index (χ4n) is 4.30.